The summed E-state index contributed by atoms with van der Waals surface area (Å²) in [7, 11) is 0. The number of ether oxygens (including phenoxy) is 5. The molecule has 0 aromatic carbocycles. The molecule has 426 valence electrons. The molecule has 0 aromatic heterocycles. The van der Waals surface area contributed by atoms with E-state index in [2.05, 4.69) is 118 Å². The first-order valence-corrected chi connectivity index (χ1v) is 29.2. The molecule has 0 radical (unpaired) electrons. The van der Waals surface area contributed by atoms with E-state index in [1.165, 1.54) is 12.8 Å². The van der Waals surface area contributed by atoms with Gasteiger partial charge in [0.25, 0.3) is 0 Å². The lowest BCUT2D eigenvalue weighted by Crippen LogP contribution is -2.61. The number of hydrogen-bond acceptors (Lipinski definition) is 11. The molecule has 0 bridgehead atoms. The lowest BCUT2D eigenvalue weighted by molar-refractivity contribution is -0.301. The Morgan fingerprint density at radius 3 is 1.29 bits per heavy atom. The van der Waals surface area contributed by atoms with Crippen molar-refractivity contribution in [2.24, 2.45) is 0 Å². The van der Waals surface area contributed by atoms with Crippen LogP contribution in [-0.2, 0) is 42.9 Å². The molecule has 12 nitrogen and oxygen atoms in total. The van der Waals surface area contributed by atoms with E-state index >= 15 is 0 Å². The van der Waals surface area contributed by atoms with Crippen molar-refractivity contribution < 1.29 is 58.2 Å². The van der Waals surface area contributed by atoms with Gasteiger partial charge in [-0.15, -0.1) is 0 Å². The fourth-order valence-electron chi connectivity index (χ4n) is 8.18. The molecule has 3 N–H and O–H groups in total. The number of allylic oxidation sites excluding steroid dienone is 16. The number of carboxylic acids is 1. The van der Waals surface area contributed by atoms with Gasteiger partial charge >= 0.3 is 23.9 Å². The van der Waals surface area contributed by atoms with Gasteiger partial charge in [0.05, 0.1) is 6.61 Å². The van der Waals surface area contributed by atoms with Crippen LogP contribution in [0.2, 0.25) is 0 Å². The Hall–Kier alpha value is -4.36. The van der Waals surface area contributed by atoms with E-state index in [0.29, 0.717) is 19.3 Å². The number of aliphatic hydroxyl groups excluding tert-OH is 2. The number of hydrogen-bond donors (Lipinski definition) is 3. The number of aliphatic carboxylic acids is 1. The van der Waals surface area contributed by atoms with Crippen LogP contribution in [0.15, 0.2) is 97.2 Å². The maximum atomic E-state index is 13.1. The number of esters is 3. The van der Waals surface area contributed by atoms with Gasteiger partial charge in [-0.05, 0) is 109 Å². The molecule has 1 saturated heterocycles. The maximum absolute atomic E-state index is 13.1. The normalized spacial score (nSPS) is 18.9. The first-order chi connectivity index (χ1) is 36.6. The lowest BCUT2D eigenvalue weighted by Gasteiger charge is -2.40. The van der Waals surface area contributed by atoms with Crippen molar-refractivity contribution in [1.82, 2.24) is 0 Å². The van der Waals surface area contributed by atoms with Crippen molar-refractivity contribution in [3.05, 3.63) is 97.2 Å². The second-order valence-corrected chi connectivity index (χ2v) is 19.5. The Morgan fingerprint density at radius 2 is 0.840 bits per heavy atom. The number of unbranched alkanes of at least 4 members (excludes halogenated alkanes) is 18. The van der Waals surface area contributed by atoms with Crippen molar-refractivity contribution in [3.8, 4) is 0 Å². The quantitative estimate of drug-likeness (QED) is 0.0228. The predicted octanol–water partition coefficient (Wildman–Crippen LogP) is 14.9. The van der Waals surface area contributed by atoms with E-state index in [1.807, 2.05) is 0 Å². The number of rotatable bonds is 48. The van der Waals surface area contributed by atoms with E-state index < -0.39 is 67.3 Å². The average Bonchev–Trinajstić information content (AvgIpc) is 3.39. The highest BCUT2D eigenvalue weighted by molar-refractivity contribution is 5.74. The molecule has 1 rings (SSSR count). The van der Waals surface area contributed by atoms with Crippen molar-refractivity contribution >= 4 is 23.9 Å². The van der Waals surface area contributed by atoms with Gasteiger partial charge in [0.2, 0.25) is 0 Å². The molecule has 0 spiro atoms. The molecule has 0 aliphatic carbocycles. The van der Waals surface area contributed by atoms with Crippen LogP contribution in [0.4, 0.5) is 0 Å². The Labute approximate surface area is 453 Å². The monoisotopic (exact) mass is 1050 g/mol. The topological polar surface area (TPSA) is 175 Å². The summed E-state index contributed by atoms with van der Waals surface area (Å²) in [6.07, 6.45) is 53.8. The van der Waals surface area contributed by atoms with Gasteiger partial charge in [-0.1, -0.05) is 195 Å². The molecule has 75 heavy (non-hydrogen) atoms. The molecule has 6 unspecified atom stereocenters. The third kappa shape index (κ3) is 40.6. The summed E-state index contributed by atoms with van der Waals surface area (Å²) in [5, 5.41) is 31.4. The van der Waals surface area contributed by atoms with Crippen LogP contribution in [0.25, 0.3) is 0 Å². The van der Waals surface area contributed by atoms with Gasteiger partial charge in [0.15, 0.2) is 24.6 Å². The Kier molecular flexibility index (Phi) is 46.2. The molecule has 0 amide bonds. The van der Waals surface area contributed by atoms with Crippen LogP contribution in [-0.4, -0.2) is 89.2 Å². The fraction of sp³-hybridized carbons (Fsp3) is 0.683. The summed E-state index contributed by atoms with van der Waals surface area (Å²) in [6, 6.07) is 0. The first-order valence-electron chi connectivity index (χ1n) is 29.2. The summed E-state index contributed by atoms with van der Waals surface area (Å²) >= 11 is 0. The highest BCUT2D eigenvalue weighted by Gasteiger charge is 2.50. The number of carboxylic acid groups (broad SMARTS) is 1. The van der Waals surface area contributed by atoms with Crippen molar-refractivity contribution in [2.75, 3.05) is 13.2 Å². The van der Waals surface area contributed by atoms with E-state index in [1.54, 1.807) is 0 Å². The smallest absolute Gasteiger partial charge is 0.335 e. The van der Waals surface area contributed by atoms with Crippen LogP contribution in [0, 0.1) is 0 Å². The highest BCUT2D eigenvalue weighted by Crippen LogP contribution is 2.26. The minimum absolute atomic E-state index is 0.0423. The maximum Gasteiger partial charge on any atom is 0.335 e. The molecule has 6 atom stereocenters. The third-order valence-corrected chi connectivity index (χ3v) is 12.6. The molecule has 1 heterocycles. The number of aliphatic hydroxyl groups is 2. The highest BCUT2D eigenvalue weighted by atomic mass is 16.7. The summed E-state index contributed by atoms with van der Waals surface area (Å²) in [5.74, 6) is -3.18. The molecule has 0 saturated carbocycles. The molecule has 1 aliphatic heterocycles. The summed E-state index contributed by atoms with van der Waals surface area (Å²) in [4.78, 5) is 51.1. The van der Waals surface area contributed by atoms with Crippen molar-refractivity contribution in [1.29, 1.82) is 0 Å². The van der Waals surface area contributed by atoms with Gasteiger partial charge < -0.3 is 39.0 Å². The third-order valence-electron chi connectivity index (χ3n) is 12.6. The van der Waals surface area contributed by atoms with Crippen LogP contribution < -0.4 is 0 Å². The zero-order valence-corrected chi connectivity index (χ0v) is 46.8. The van der Waals surface area contributed by atoms with E-state index in [0.717, 1.165) is 154 Å². The van der Waals surface area contributed by atoms with E-state index in [-0.39, 0.29) is 25.9 Å². The van der Waals surface area contributed by atoms with Gasteiger partial charge in [0.1, 0.15) is 18.8 Å². The minimum Gasteiger partial charge on any atom is -0.479 e. The minimum atomic E-state index is -1.91. The molecular weight excluding hydrogens is 949 g/mol. The Morgan fingerprint density at radius 1 is 0.453 bits per heavy atom. The van der Waals surface area contributed by atoms with Gasteiger partial charge in [-0.2, -0.15) is 0 Å². The van der Waals surface area contributed by atoms with Gasteiger partial charge in [0, 0.05) is 19.3 Å². The number of carbonyl (C=O) groups excluding carboxylic acids is 3. The van der Waals surface area contributed by atoms with Crippen LogP contribution in [0.5, 0.6) is 0 Å². The fourth-order valence-corrected chi connectivity index (χ4v) is 8.18. The van der Waals surface area contributed by atoms with Crippen molar-refractivity contribution in [3.63, 3.8) is 0 Å². The average molecular weight is 1050 g/mol. The molecule has 1 fully saturated rings. The van der Waals surface area contributed by atoms with E-state index in [4.69, 9.17) is 23.7 Å². The van der Waals surface area contributed by atoms with Gasteiger partial charge in [-0.3, -0.25) is 14.4 Å². The first kappa shape index (κ1) is 68.7. The standard InChI is InChI=1S/C63H102O12/c1-4-7-10-13-16-19-22-24-26-27-28-29-31-32-35-37-40-43-46-49-55(64)71-52-54(73-56(65)50-47-44-41-39-36-33-30-25-23-20-17-14-11-8-5-2)53-72-63-61(59(68)58(67)60(75-63)62(69)70)74-57(66)51-48-45-42-38-34-21-18-15-12-9-6-3/h7-8,10-11,15-20,24-26,28-30,54,58-61,63,67-68H,4-6,9,12-14,21-23,27,31-53H2,1-3H3,(H,69,70)/b10-7-,11-8-,18-15-,19-16-,20-17-,26-24-,29-28-,30-25-. The largest absolute Gasteiger partial charge is 0.479 e. The molecular formula is C63H102O12. The van der Waals surface area contributed by atoms with Gasteiger partial charge in [-0.25, -0.2) is 4.79 Å². The number of carbonyl (C=O) groups is 4. The Bertz CT molecular complexity index is 1670. The molecule has 0 aromatic rings. The summed E-state index contributed by atoms with van der Waals surface area (Å²) in [6.45, 7) is 5.68. The second kappa shape index (κ2) is 50.5. The zero-order valence-electron chi connectivity index (χ0n) is 46.8. The van der Waals surface area contributed by atoms with Crippen molar-refractivity contribution in [2.45, 2.75) is 263 Å². The van der Waals surface area contributed by atoms with Crippen LogP contribution in [0.3, 0.4) is 0 Å². The lowest BCUT2D eigenvalue weighted by atomic mass is 9.98. The van der Waals surface area contributed by atoms with Crippen LogP contribution in [0.1, 0.15) is 226 Å². The van der Waals surface area contributed by atoms with E-state index in [9.17, 15) is 34.5 Å². The second-order valence-electron chi connectivity index (χ2n) is 19.5. The van der Waals surface area contributed by atoms with Crippen LogP contribution >= 0.6 is 0 Å². The summed E-state index contributed by atoms with van der Waals surface area (Å²) in [5.41, 5.74) is 0. The predicted molar refractivity (Wildman–Crippen MR) is 303 cm³/mol. The molecule has 12 heteroatoms. The molecule has 1 aliphatic rings. The zero-order chi connectivity index (χ0) is 54.7. The Balaban J connectivity index is 2.71. The SMILES string of the molecule is CC/C=C\C/C=C\C/C=C\C/C=C\CCCCCCCCC(=O)OCC(COC1OC(C(=O)O)C(O)C(O)C1OC(=O)CCCCCCC/C=C\CCCC)OC(=O)CCCCCCC/C=C\C/C=C\C/C=C\CC. The summed E-state index contributed by atoms with van der Waals surface area (Å²) < 4.78 is 28.4.